The van der Waals surface area contributed by atoms with Crippen molar-refractivity contribution in [2.45, 2.75) is 52.5 Å². The van der Waals surface area contributed by atoms with E-state index in [0.717, 1.165) is 43.1 Å². The van der Waals surface area contributed by atoms with Gasteiger partial charge in [-0.1, -0.05) is 13.8 Å². The number of amides is 1. The fourth-order valence-corrected chi connectivity index (χ4v) is 3.34. The van der Waals surface area contributed by atoms with Gasteiger partial charge in [0.05, 0.1) is 10.7 Å². The summed E-state index contributed by atoms with van der Waals surface area (Å²) in [5.41, 5.74) is 7.25. The van der Waals surface area contributed by atoms with Gasteiger partial charge < -0.3 is 10.6 Å². The maximum Gasteiger partial charge on any atom is 0.222 e. The van der Waals surface area contributed by atoms with E-state index >= 15 is 0 Å². The monoisotopic (exact) mass is 295 g/mol. The minimum atomic E-state index is 0.0277. The van der Waals surface area contributed by atoms with Crippen LogP contribution < -0.4 is 5.73 Å². The highest BCUT2D eigenvalue weighted by Gasteiger charge is 2.34. The predicted molar refractivity (Wildman–Crippen MR) is 82.7 cm³/mol. The molecule has 1 atom stereocenters. The summed E-state index contributed by atoms with van der Waals surface area (Å²) in [7, 11) is 0. The summed E-state index contributed by atoms with van der Waals surface area (Å²) in [6.45, 7) is 7.89. The molecule has 1 aliphatic heterocycles. The molecule has 0 aliphatic carbocycles. The standard InChI is InChI=1S/C15H25N3OS/c1-11-17-12(9-20-11)5-4-6-14(19)18-8-7-13(16)15(2,3)10-18/h9,13H,4-8,10,16H2,1-3H3. The largest absolute Gasteiger partial charge is 0.342 e. The molecule has 1 saturated heterocycles. The van der Waals surface area contributed by atoms with E-state index in [1.54, 1.807) is 11.3 Å². The van der Waals surface area contributed by atoms with Gasteiger partial charge in [-0.2, -0.15) is 0 Å². The number of hydrogen-bond donors (Lipinski definition) is 1. The van der Waals surface area contributed by atoms with Crippen LogP contribution in [-0.2, 0) is 11.2 Å². The molecule has 1 aromatic rings. The number of hydrogen-bond acceptors (Lipinski definition) is 4. The van der Waals surface area contributed by atoms with Crippen molar-refractivity contribution >= 4 is 17.2 Å². The van der Waals surface area contributed by atoms with Gasteiger partial charge >= 0.3 is 0 Å². The zero-order valence-electron chi connectivity index (χ0n) is 12.7. The number of nitrogens with zero attached hydrogens (tertiary/aromatic N) is 2. The lowest BCUT2D eigenvalue weighted by Gasteiger charge is -2.42. The van der Waals surface area contributed by atoms with Crippen LogP contribution >= 0.6 is 11.3 Å². The highest BCUT2D eigenvalue weighted by Crippen LogP contribution is 2.28. The molecule has 0 radical (unpaired) electrons. The number of rotatable bonds is 4. The first kappa shape index (κ1) is 15.4. The molecule has 2 rings (SSSR count). The van der Waals surface area contributed by atoms with Gasteiger partial charge in [0.1, 0.15) is 0 Å². The smallest absolute Gasteiger partial charge is 0.222 e. The van der Waals surface area contributed by atoms with Crippen LogP contribution in [0, 0.1) is 12.3 Å². The topological polar surface area (TPSA) is 59.2 Å². The molecule has 1 aromatic heterocycles. The van der Waals surface area contributed by atoms with Gasteiger partial charge in [-0.15, -0.1) is 11.3 Å². The fraction of sp³-hybridized carbons (Fsp3) is 0.733. The number of nitrogens with two attached hydrogens (primary N) is 1. The first-order chi connectivity index (χ1) is 9.38. The van der Waals surface area contributed by atoms with Crippen molar-refractivity contribution in [2.24, 2.45) is 11.1 Å². The molecule has 5 heteroatoms. The normalized spacial score (nSPS) is 22.0. The highest BCUT2D eigenvalue weighted by atomic mass is 32.1. The van der Waals surface area contributed by atoms with Crippen molar-refractivity contribution in [1.29, 1.82) is 0 Å². The molecule has 0 bridgehead atoms. The van der Waals surface area contributed by atoms with E-state index in [1.807, 2.05) is 11.8 Å². The molecule has 4 nitrogen and oxygen atoms in total. The molecule has 0 spiro atoms. The summed E-state index contributed by atoms with van der Waals surface area (Å²) in [4.78, 5) is 18.7. The van der Waals surface area contributed by atoms with Crippen molar-refractivity contribution < 1.29 is 4.79 Å². The average molecular weight is 295 g/mol. The van der Waals surface area contributed by atoms with Crippen LogP contribution in [-0.4, -0.2) is 34.9 Å². The number of thiazole rings is 1. The van der Waals surface area contributed by atoms with Crippen LogP contribution in [0.25, 0.3) is 0 Å². The van der Waals surface area contributed by atoms with Gasteiger partial charge in [-0.3, -0.25) is 4.79 Å². The van der Waals surface area contributed by atoms with E-state index in [4.69, 9.17) is 5.73 Å². The van der Waals surface area contributed by atoms with Crippen LogP contribution in [0.3, 0.4) is 0 Å². The SMILES string of the molecule is Cc1nc(CCCC(=O)N2CCC(N)C(C)(C)C2)cs1. The summed E-state index contributed by atoms with van der Waals surface area (Å²) in [6.07, 6.45) is 3.30. The van der Waals surface area contributed by atoms with Gasteiger partial charge in [0, 0.05) is 30.9 Å². The Bertz CT molecular complexity index is 469. The summed E-state index contributed by atoms with van der Waals surface area (Å²) in [5.74, 6) is 0.261. The lowest BCUT2D eigenvalue weighted by atomic mass is 9.79. The van der Waals surface area contributed by atoms with E-state index in [1.165, 1.54) is 0 Å². The van der Waals surface area contributed by atoms with Gasteiger partial charge in [0.15, 0.2) is 0 Å². The quantitative estimate of drug-likeness (QED) is 0.927. The number of carbonyl (C=O) groups is 1. The molecule has 112 valence electrons. The average Bonchev–Trinajstić information content (AvgIpc) is 2.78. The van der Waals surface area contributed by atoms with E-state index in [2.05, 4.69) is 24.2 Å². The second-order valence-corrected chi connectivity index (χ2v) is 7.47. The maximum absolute atomic E-state index is 12.3. The van der Waals surface area contributed by atoms with E-state index in [0.29, 0.717) is 6.42 Å². The van der Waals surface area contributed by atoms with Gasteiger partial charge in [-0.25, -0.2) is 4.98 Å². The predicted octanol–water partition coefficient (Wildman–Crippen LogP) is 2.36. The lowest BCUT2D eigenvalue weighted by Crippen LogP contribution is -2.53. The van der Waals surface area contributed by atoms with E-state index in [9.17, 15) is 4.79 Å². The number of carbonyl (C=O) groups excluding carboxylic acids is 1. The molecular weight excluding hydrogens is 270 g/mol. The zero-order valence-corrected chi connectivity index (χ0v) is 13.5. The molecule has 2 N–H and O–H groups in total. The second-order valence-electron chi connectivity index (χ2n) is 6.41. The Kier molecular flexibility index (Phi) is 4.81. The minimum Gasteiger partial charge on any atom is -0.342 e. The third-order valence-corrected chi connectivity index (χ3v) is 4.98. The van der Waals surface area contributed by atoms with Crippen molar-refractivity contribution in [3.8, 4) is 0 Å². The molecule has 1 amide bonds. The molecule has 1 aliphatic rings. The summed E-state index contributed by atoms with van der Waals surface area (Å²) in [6, 6.07) is 0.199. The Labute approximate surface area is 125 Å². The Morgan fingerprint density at radius 3 is 2.95 bits per heavy atom. The van der Waals surface area contributed by atoms with E-state index in [-0.39, 0.29) is 17.4 Å². The first-order valence-electron chi connectivity index (χ1n) is 7.33. The van der Waals surface area contributed by atoms with E-state index < -0.39 is 0 Å². The van der Waals surface area contributed by atoms with Gasteiger partial charge in [-0.05, 0) is 31.6 Å². The lowest BCUT2D eigenvalue weighted by molar-refractivity contribution is -0.134. The number of piperidine rings is 1. The summed E-state index contributed by atoms with van der Waals surface area (Å²) < 4.78 is 0. The third kappa shape index (κ3) is 3.79. The number of aromatic nitrogens is 1. The second kappa shape index (κ2) is 6.22. The van der Waals surface area contributed by atoms with Crippen molar-refractivity contribution in [3.05, 3.63) is 16.1 Å². The Morgan fingerprint density at radius 2 is 2.35 bits per heavy atom. The van der Waals surface area contributed by atoms with Gasteiger partial charge in [0.2, 0.25) is 5.91 Å². The molecule has 0 saturated carbocycles. The zero-order chi connectivity index (χ0) is 14.8. The summed E-state index contributed by atoms with van der Waals surface area (Å²) >= 11 is 1.67. The molecule has 20 heavy (non-hydrogen) atoms. The summed E-state index contributed by atoms with van der Waals surface area (Å²) in [5, 5.41) is 3.18. The molecule has 1 fully saturated rings. The molecule has 0 aromatic carbocycles. The Balaban J connectivity index is 1.77. The van der Waals surface area contributed by atoms with Crippen LogP contribution in [0.1, 0.15) is 43.8 Å². The molecular formula is C15H25N3OS. The van der Waals surface area contributed by atoms with Crippen molar-refractivity contribution in [3.63, 3.8) is 0 Å². The Morgan fingerprint density at radius 1 is 1.60 bits per heavy atom. The molecule has 1 unspecified atom stereocenters. The fourth-order valence-electron chi connectivity index (χ4n) is 2.69. The van der Waals surface area contributed by atoms with Crippen molar-refractivity contribution in [2.75, 3.05) is 13.1 Å². The third-order valence-electron chi connectivity index (χ3n) is 4.16. The van der Waals surface area contributed by atoms with Gasteiger partial charge in [0.25, 0.3) is 0 Å². The molecule has 2 heterocycles. The Hall–Kier alpha value is -0.940. The van der Waals surface area contributed by atoms with Crippen LogP contribution in [0.5, 0.6) is 0 Å². The van der Waals surface area contributed by atoms with Crippen LogP contribution in [0.15, 0.2) is 5.38 Å². The highest BCUT2D eigenvalue weighted by molar-refractivity contribution is 7.09. The minimum absolute atomic E-state index is 0.0277. The van der Waals surface area contributed by atoms with Crippen molar-refractivity contribution in [1.82, 2.24) is 9.88 Å². The number of aryl methyl sites for hydroxylation is 2. The first-order valence-corrected chi connectivity index (χ1v) is 8.21. The van der Waals surface area contributed by atoms with Crippen LogP contribution in [0.2, 0.25) is 0 Å². The number of likely N-dealkylation sites (tertiary alicyclic amines) is 1. The van der Waals surface area contributed by atoms with Crippen LogP contribution in [0.4, 0.5) is 0 Å². The maximum atomic E-state index is 12.3.